The van der Waals surface area contributed by atoms with Gasteiger partial charge in [-0.05, 0) is 31.9 Å². The molecule has 1 aliphatic rings. The van der Waals surface area contributed by atoms with Gasteiger partial charge in [-0.2, -0.15) is 0 Å². The molecule has 1 aliphatic heterocycles. The zero-order valence-electron chi connectivity index (χ0n) is 9.68. The third kappa shape index (κ3) is 2.27. The predicted octanol–water partition coefficient (Wildman–Crippen LogP) is 2.40. The molecule has 0 atom stereocenters. The highest BCUT2D eigenvalue weighted by molar-refractivity contribution is 5.95. The SMILES string of the molecule is CC(=O)c1ccc(N2CCCC2)c([N+](=O)[O-])c1. The van der Waals surface area contributed by atoms with Crippen LogP contribution in [0.3, 0.4) is 0 Å². The molecule has 90 valence electrons. The molecule has 1 aromatic carbocycles. The number of ketones is 1. The largest absolute Gasteiger partial charge is 0.366 e. The Hall–Kier alpha value is -1.91. The van der Waals surface area contributed by atoms with Crippen molar-refractivity contribution >= 4 is 17.2 Å². The van der Waals surface area contributed by atoms with Gasteiger partial charge in [0.1, 0.15) is 5.69 Å². The minimum absolute atomic E-state index is 0.0274. The van der Waals surface area contributed by atoms with Gasteiger partial charge < -0.3 is 4.90 Å². The summed E-state index contributed by atoms with van der Waals surface area (Å²) in [5, 5.41) is 11.0. The number of hydrogen-bond donors (Lipinski definition) is 0. The van der Waals surface area contributed by atoms with Crippen molar-refractivity contribution in [3.8, 4) is 0 Å². The van der Waals surface area contributed by atoms with Gasteiger partial charge in [0.2, 0.25) is 0 Å². The first-order valence-corrected chi connectivity index (χ1v) is 5.64. The standard InChI is InChI=1S/C12H14N2O3/c1-9(15)10-4-5-11(12(8-10)14(16)17)13-6-2-3-7-13/h4-5,8H,2-3,6-7H2,1H3. The van der Waals surface area contributed by atoms with E-state index in [0.717, 1.165) is 25.9 Å². The fraction of sp³-hybridized carbons (Fsp3) is 0.417. The second kappa shape index (κ2) is 4.53. The first-order chi connectivity index (χ1) is 8.09. The molecule has 2 rings (SSSR count). The van der Waals surface area contributed by atoms with Crippen LogP contribution < -0.4 is 4.90 Å². The van der Waals surface area contributed by atoms with Crippen LogP contribution >= 0.6 is 0 Å². The summed E-state index contributed by atoms with van der Waals surface area (Å²) in [7, 11) is 0. The van der Waals surface area contributed by atoms with Crippen molar-refractivity contribution < 1.29 is 9.72 Å². The molecule has 0 unspecified atom stereocenters. The van der Waals surface area contributed by atoms with E-state index in [2.05, 4.69) is 0 Å². The average molecular weight is 234 g/mol. The van der Waals surface area contributed by atoms with Gasteiger partial charge in [-0.25, -0.2) is 0 Å². The zero-order chi connectivity index (χ0) is 12.4. The van der Waals surface area contributed by atoms with Gasteiger partial charge in [0.15, 0.2) is 5.78 Å². The molecular weight excluding hydrogens is 220 g/mol. The molecule has 1 aromatic rings. The average Bonchev–Trinajstić information content (AvgIpc) is 2.81. The summed E-state index contributed by atoms with van der Waals surface area (Å²) in [6, 6.07) is 4.71. The third-order valence-corrected chi connectivity index (χ3v) is 3.03. The Balaban J connectivity index is 2.44. The molecule has 0 spiro atoms. The molecule has 0 bridgehead atoms. The molecule has 0 radical (unpaired) electrons. The van der Waals surface area contributed by atoms with Gasteiger partial charge in [0, 0.05) is 24.7 Å². The Morgan fingerprint density at radius 1 is 1.35 bits per heavy atom. The van der Waals surface area contributed by atoms with Gasteiger partial charge in [-0.3, -0.25) is 14.9 Å². The summed E-state index contributed by atoms with van der Waals surface area (Å²) in [5.41, 5.74) is 1.04. The molecule has 0 N–H and O–H groups in total. The Kier molecular flexibility index (Phi) is 3.08. The van der Waals surface area contributed by atoms with E-state index in [1.165, 1.54) is 13.0 Å². The Morgan fingerprint density at radius 3 is 2.53 bits per heavy atom. The Morgan fingerprint density at radius 2 is 2.00 bits per heavy atom. The highest BCUT2D eigenvalue weighted by Crippen LogP contribution is 2.31. The molecule has 0 aliphatic carbocycles. The van der Waals surface area contributed by atoms with Gasteiger partial charge >= 0.3 is 0 Å². The first kappa shape index (κ1) is 11.6. The van der Waals surface area contributed by atoms with E-state index in [1.807, 2.05) is 4.90 Å². The van der Waals surface area contributed by atoms with Crippen molar-refractivity contribution in [3.05, 3.63) is 33.9 Å². The second-order valence-electron chi connectivity index (χ2n) is 4.21. The van der Waals surface area contributed by atoms with Gasteiger partial charge in [0.05, 0.1) is 4.92 Å². The minimum Gasteiger partial charge on any atom is -0.366 e. The summed E-state index contributed by atoms with van der Waals surface area (Å²) in [6.45, 7) is 3.11. The monoisotopic (exact) mass is 234 g/mol. The van der Waals surface area contributed by atoms with Crippen molar-refractivity contribution in [2.24, 2.45) is 0 Å². The summed E-state index contributed by atoms with van der Waals surface area (Å²) in [6.07, 6.45) is 2.12. The van der Waals surface area contributed by atoms with Crippen LogP contribution in [0, 0.1) is 10.1 Å². The van der Waals surface area contributed by atoms with Crippen LogP contribution in [0.1, 0.15) is 30.1 Å². The van der Waals surface area contributed by atoms with Gasteiger partial charge in [-0.1, -0.05) is 0 Å². The molecule has 0 saturated carbocycles. The van der Waals surface area contributed by atoms with E-state index in [9.17, 15) is 14.9 Å². The van der Waals surface area contributed by atoms with Crippen LogP contribution in [0.2, 0.25) is 0 Å². The highest BCUT2D eigenvalue weighted by Gasteiger charge is 2.22. The van der Waals surface area contributed by atoms with Crippen molar-refractivity contribution in [3.63, 3.8) is 0 Å². The normalized spacial score (nSPS) is 15.0. The maximum atomic E-state index is 11.2. The smallest absolute Gasteiger partial charge is 0.293 e. The summed E-state index contributed by atoms with van der Waals surface area (Å²) < 4.78 is 0. The number of nitro groups is 1. The lowest BCUT2D eigenvalue weighted by Crippen LogP contribution is -2.19. The summed E-state index contributed by atoms with van der Waals surface area (Å²) >= 11 is 0. The van der Waals surface area contributed by atoms with E-state index in [0.29, 0.717) is 11.3 Å². The molecule has 5 nitrogen and oxygen atoms in total. The fourth-order valence-electron chi connectivity index (χ4n) is 2.11. The van der Waals surface area contributed by atoms with Gasteiger partial charge in [-0.15, -0.1) is 0 Å². The number of rotatable bonds is 3. The summed E-state index contributed by atoms with van der Waals surface area (Å²) in [4.78, 5) is 23.8. The van der Waals surface area contributed by atoms with Crippen LogP contribution in [-0.2, 0) is 0 Å². The number of nitro benzene ring substituents is 1. The van der Waals surface area contributed by atoms with Crippen molar-refractivity contribution in [2.45, 2.75) is 19.8 Å². The number of carbonyl (C=O) groups excluding carboxylic acids is 1. The third-order valence-electron chi connectivity index (χ3n) is 3.03. The lowest BCUT2D eigenvalue weighted by atomic mass is 10.1. The number of hydrogen-bond acceptors (Lipinski definition) is 4. The number of benzene rings is 1. The van der Waals surface area contributed by atoms with E-state index in [-0.39, 0.29) is 11.5 Å². The van der Waals surface area contributed by atoms with E-state index in [4.69, 9.17) is 0 Å². The Bertz CT molecular complexity index is 465. The molecule has 0 aromatic heterocycles. The van der Waals surface area contributed by atoms with E-state index < -0.39 is 4.92 Å². The van der Waals surface area contributed by atoms with Crippen LogP contribution in [-0.4, -0.2) is 23.8 Å². The van der Waals surface area contributed by atoms with Crippen LogP contribution in [0.5, 0.6) is 0 Å². The molecule has 17 heavy (non-hydrogen) atoms. The molecular formula is C12H14N2O3. The van der Waals surface area contributed by atoms with Crippen LogP contribution in [0.4, 0.5) is 11.4 Å². The number of nitrogens with zero attached hydrogens (tertiary/aromatic N) is 2. The predicted molar refractivity (Wildman–Crippen MR) is 64.5 cm³/mol. The number of anilines is 1. The van der Waals surface area contributed by atoms with Crippen molar-refractivity contribution in [1.82, 2.24) is 0 Å². The number of Topliss-reactive ketones (excluding diaryl/α,β-unsaturated/α-hetero) is 1. The second-order valence-corrected chi connectivity index (χ2v) is 4.21. The van der Waals surface area contributed by atoms with Gasteiger partial charge in [0.25, 0.3) is 5.69 Å². The van der Waals surface area contributed by atoms with Crippen molar-refractivity contribution in [1.29, 1.82) is 0 Å². The maximum absolute atomic E-state index is 11.2. The zero-order valence-corrected chi connectivity index (χ0v) is 9.68. The fourth-order valence-corrected chi connectivity index (χ4v) is 2.11. The minimum atomic E-state index is -0.417. The molecule has 0 amide bonds. The van der Waals surface area contributed by atoms with Crippen LogP contribution in [0.25, 0.3) is 0 Å². The lowest BCUT2D eigenvalue weighted by molar-refractivity contribution is -0.384. The van der Waals surface area contributed by atoms with Crippen LogP contribution in [0.15, 0.2) is 18.2 Å². The number of carbonyl (C=O) groups is 1. The summed E-state index contributed by atoms with van der Waals surface area (Å²) in [5.74, 6) is -0.152. The maximum Gasteiger partial charge on any atom is 0.293 e. The van der Waals surface area contributed by atoms with Crippen molar-refractivity contribution in [2.75, 3.05) is 18.0 Å². The van der Waals surface area contributed by atoms with E-state index in [1.54, 1.807) is 12.1 Å². The molecule has 5 heteroatoms. The van der Waals surface area contributed by atoms with E-state index >= 15 is 0 Å². The Labute approximate surface area is 99.2 Å². The molecule has 1 heterocycles. The molecule has 1 saturated heterocycles. The lowest BCUT2D eigenvalue weighted by Gasteiger charge is -2.17. The topological polar surface area (TPSA) is 63.5 Å². The molecule has 1 fully saturated rings. The first-order valence-electron chi connectivity index (χ1n) is 5.64. The highest BCUT2D eigenvalue weighted by atomic mass is 16.6. The quantitative estimate of drug-likeness (QED) is 0.457.